The maximum absolute atomic E-state index is 12.3. The van der Waals surface area contributed by atoms with E-state index in [0.29, 0.717) is 13.0 Å². The first-order chi connectivity index (χ1) is 11.1. The van der Waals surface area contributed by atoms with Crippen LogP contribution < -0.4 is 11.5 Å². The van der Waals surface area contributed by atoms with Crippen LogP contribution in [0.1, 0.15) is 50.7 Å². The van der Waals surface area contributed by atoms with Gasteiger partial charge in [-0.15, -0.1) is 0 Å². The predicted octanol–water partition coefficient (Wildman–Crippen LogP) is 2.20. The van der Waals surface area contributed by atoms with Crippen molar-refractivity contribution in [3.05, 3.63) is 35.4 Å². The minimum Gasteiger partial charge on any atom is -0.341 e. The Morgan fingerprint density at radius 1 is 1.17 bits per heavy atom. The van der Waals surface area contributed by atoms with E-state index in [-0.39, 0.29) is 11.3 Å². The Balaban J connectivity index is 2.03. The lowest BCUT2D eigenvalue weighted by Gasteiger charge is -2.31. The minimum absolute atomic E-state index is 0.0615. The molecule has 0 radical (unpaired) electrons. The zero-order valence-electron chi connectivity index (χ0n) is 14.6. The van der Waals surface area contributed by atoms with Gasteiger partial charge in [-0.25, -0.2) is 0 Å². The van der Waals surface area contributed by atoms with Crippen molar-refractivity contribution in [2.24, 2.45) is 11.5 Å². The Labute approximate surface area is 140 Å². The molecule has 1 unspecified atom stereocenters. The van der Waals surface area contributed by atoms with Gasteiger partial charge in [0.15, 0.2) is 0 Å². The Hall–Kier alpha value is -1.39. The summed E-state index contributed by atoms with van der Waals surface area (Å²) in [5.74, 6) is 0.0880. The Morgan fingerprint density at radius 3 is 2.22 bits per heavy atom. The van der Waals surface area contributed by atoms with Crippen LogP contribution in [0, 0.1) is 0 Å². The van der Waals surface area contributed by atoms with E-state index in [2.05, 4.69) is 38.1 Å². The van der Waals surface area contributed by atoms with Gasteiger partial charge in [-0.2, -0.15) is 0 Å². The molecule has 1 heterocycles. The normalized spacial score (nSPS) is 16.6. The predicted molar refractivity (Wildman–Crippen MR) is 95.2 cm³/mol. The molecular formula is C19H31N3O. The number of rotatable bonds is 7. The number of benzene rings is 1. The van der Waals surface area contributed by atoms with E-state index >= 15 is 0 Å². The quantitative estimate of drug-likeness (QED) is 0.810. The average Bonchev–Trinajstić information content (AvgIpc) is 3.12. The first kappa shape index (κ1) is 18.0. The second-order valence-corrected chi connectivity index (χ2v) is 6.73. The first-order valence-electron chi connectivity index (χ1n) is 8.90. The number of hydrogen-bond acceptors (Lipinski definition) is 3. The van der Waals surface area contributed by atoms with E-state index in [1.165, 1.54) is 5.56 Å². The Morgan fingerprint density at radius 2 is 1.74 bits per heavy atom. The molecule has 23 heavy (non-hydrogen) atoms. The van der Waals surface area contributed by atoms with Crippen molar-refractivity contribution in [2.75, 3.05) is 19.6 Å². The fourth-order valence-electron chi connectivity index (χ4n) is 3.57. The molecule has 1 saturated heterocycles. The third-order valence-corrected chi connectivity index (χ3v) is 5.50. The summed E-state index contributed by atoms with van der Waals surface area (Å²) in [6.07, 6.45) is 4.87. The number of amides is 1. The molecule has 1 amide bonds. The van der Waals surface area contributed by atoms with Gasteiger partial charge < -0.3 is 16.4 Å². The molecule has 1 aliphatic rings. The number of nitrogens with two attached hydrogens (primary N) is 2. The van der Waals surface area contributed by atoms with Crippen LogP contribution >= 0.6 is 0 Å². The third-order valence-electron chi connectivity index (χ3n) is 5.50. The summed E-state index contributed by atoms with van der Waals surface area (Å²) < 4.78 is 0. The van der Waals surface area contributed by atoms with Crippen LogP contribution in [0.15, 0.2) is 24.3 Å². The van der Waals surface area contributed by atoms with Crippen molar-refractivity contribution >= 4 is 5.91 Å². The SMILES string of the molecule is CCC(CC)(CN)c1ccc(CC(N)C(=O)N2CCCC2)cc1. The summed E-state index contributed by atoms with van der Waals surface area (Å²) in [7, 11) is 0. The fraction of sp³-hybridized carbons (Fsp3) is 0.632. The highest BCUT2D eigenvalue weighted by atomic mass is 16.2. The zero-order chi connectivity index (χ0) is 16.9. The first-order valence-corrected chi connectivity index (χ1v) is 8.90. The Bertz CT molecular complexity index is 494. The second-order valence-electron chi connectivity index (χ2n) is 6.73. The molecule has 1 aromatic rings. The van der Waals surface area contributed by atoms with E-state index in [0.717, 1.165) is 44.3 Å². The maximum atomic E-state index is 12.3. The van der Waals surface area contributed by atoms with Crippen molar-refractivity contribution < 1.29 is 4.79 Å². The molecule has 2 rings (SSSR count). The van der Waals surface area contributed by atoms with Crippen molar-refractivity contribution in [1.29, 1.82) is 0 Å². The van der Waals surface area contributed by atoms with E-state index in [1.54, 1.807) is 0 Å². The van der Waals surface area contributed by atoms with E-state index in [9.17, 15) is 4.79 Å². The van der Waals surface area contributed by atoms with Gasteiger partial charge in [0.05, 0.1) is 6.04 Å². The Kier molecular flexibility index (Phi) is 6.19. The molecule has 128 valence electrons. The number of nitrogens with zero attached hydrogens (tertiary/aromatic N) is 1. The van der Waals surface area contributed by atoms with Gasteiger partial charge in [0, 0.05) is 25.0 Å². The largest absolute Gasteiger partial charge is 0.341 e. The lowest BCUT2D eigenvalue weighted by Crippen LogP contribution is -2.43. The summed E-state index contributed by atoms with van der Waals surface area (Å²) in [6, 6.07) is 8.07. The molecule has 0 aliphatic carbocycles. The van der Waals surface area contributed by atoms with Gasteiger partial charge in [-0.3, -0.25) is 4.79 Å². The van der Waals surface area contributed by atoms with E-state index in [4.69, 9.17) is 11.5 Å². The van der Waals surface area contributed by atoms with Crippen molar-refractivity contribution in [1.82, 2.24) is 4.90 Å². The van der Waals surface area contributed by atoms with Crippen LogP contribution in [0.4, 0.5) is 0 Å². The molecule has 0 saturated carbocycles. The van der Waals surface area contributed by atoms with Crippen LogP contribution in [-0.4, -0.2) is 36.5 Å². The summed E-state index contributed by atoms with van der Waals surface area (Å²) >= 11 is 0. The summed E-state index contributed by atoms with van der Waals surface area (Å²) in [4.78, 5) is 14.2. The highest BCUT2D eigenvalue weighted by molar-refractivity contribution is 5.82. The molecule has 1 atom stereocenters. The second kappa shape index (κ2) is 7.93. The number of likely N-dealkylation sites (tertiary alicyclic amines) is 1. The average molecular weight is 317 g/mol. The number of hydrogen-bond donors (Lipinski definition) is 2. The highest BCUT2D eigenvalue weighted by Gasteiger charge is 2.27. The van der Waals surface area contributed by atoms with Gasteiger partial charge in [0.2, 0.25) is 5.91 Å². The number of carbonyl (C=O) groups excluding carboxylic acids is 1. The van der Waals surface area contributed by atoms with Gasteiger partial charge in [0.1, 0.15) is 0 Å². The molecule has 1 aromatic carbocycles. The van der Waals surface area contributed by atoms with Crippen LogP contribution in [0.3, 0.4) is 0 Å². The summed E-state index contributed by atoms with van der Waals surface area (Å²) in [6.45, 7) is 6.76. The maximum Gasteiger partial charge on any atom is 0.239 e. The van der Waals surface area contributed by atoms with Crippen molar-refractivity contribution in [3.8, 4) is 0 Å². The molecule has 4 heteroatoms. The minimum atomic E-state index is -0.435. The van der Waals surface area contributed by atoms with Crippen LogP contribution in [-0.2, 0) is 16.6 Å². The molecule has 1 aliphatic heterocycles. The molecule has 0 bridgehead atoms. The van der Waals surface area contributed by atoms with Gasteiger partial charge in [0.25, 0.3) is 0 Å². The lowest BCUT2D eigenvalue weighted by molar-refractivity contribution is -0.131. The van der Waals surface area contributed by atoms with Crippen LogP contribution in [0.25, 0.3) is 0 Å². The zero-order valence-corrected chi connectivity index (χ0v) is 14.6. The highest BCUT2D eigenvalue weighted by Crippen LogP contribution is 2.30. The number of carbonyl (C=O) groups is 1. The summed E-state index contributed by atoms with van der Waals surface area (Å²) in [5, 5.41) is 0. The van der Waals surface area contributed by atoms with Gasteiger partial charge in [-0.05, 0) is 43.2 Å². The van der Waals surface area contributed by atoms with Crippen molar-refractivity contribution in [2.45, 2.75) is 57.4 Å². The van der Waals surface area contributed by atoms with Crippen molar-refractivity contribution in [3.63, 3.8) is 0 Å². The van der Waals surface area contributed by atoms with Gasteiger partial charge >= 0.3 is 0 Å². The standard InChI is InChI=1S/C19H31N3O/c1-3-19(4-2,14-20)16-9-7-15(8-10-16)13-17(21)18(23)22-11-5-6-12-22/h7-10,17H,3-6,11-14,20-21H2,1-2H3. The monoisotopic (exact) mass is 317 g/mol. The molecule has 0 aromatic heterocycles. The molecule has 0 spiro atoms. The fourth-order valence-corrected chi connectivity index (χ4v) is 3.57. The molecule has 4 N–H and O–H groups in total. The third kappa shape index (κ3) is 3.93. The topological polar surface area (TPSA) is 72.3 Å². The van der Waals surface area contributed by atoms with Crippen LogP contribution in [0.2, 0.25) is 0 Å². The van der Waals surface area contributed by atoms with Crippen LogP contribution in [0.5, 0.6) is 0 Å². The van der Waals surface area contributed by atoms with Gasteiger partial charge in [-0.1, -0.05) is 38.1 Å². The molecule has 4 nitrogen and oxygen atoms in total. The lowest BCUT2D eigenvalue weighted by atomic mass is 9.76. The molecule has 1 fully saturated rings. The summed E-state index contributed by atoms with van der Waals surface area (Å²) in [5.41, 5.74) is 14.6. The smallest absolute Gasteiger partial charge is 0.239 e. The van der Waals surface area contributed by atoms with E-state index < -0.39 is 6.04 Å². The van der Waals surface area contributed by atoms with E-state index in [1.807, 2.05) is 4.90 Å². The molecular weight excluding hydrogens is 286 g/mol.